The zero-order chi connectivity index (χ0) is 16.2. The zero-order valence-corrected chi connectivity index (χ0v) is 14.2. The molecule has 0 aromatic heterocycles. The number of hydrogen-bond acceptors (Lipinski definition) is 2. The summed E-state index contributed by atoms with van der Waals surface area (Å²) in [6, 6.07) is 0. The molecule has 4 heteroatoms. The first kappa shape index (κ1) is 18.0. The smallest absolute Gasteiger partial charge is 0.323 e. The van der Waals surface area contributed by atoms with Crippen LogP contribution in [0.4, 0.5) is 0 Å². The van der Waals surface area contributed by atoms with E-state index in [9.17, 15) is 9.59 Å². The van der Waals surface area contributed by atoms with E-state index in [0.717, 1.165) is 25.7 Å². The second-order valence-electron chi connectivity index (χ2n) is 7.92. The number of aliphatic carboxylic acids is 1. The van der Waals surface area contributed by atoms with E-state index in [1.807, 2.05) is 13.8 Å². The molecule has 0 radical (unpaired) electrons. The van der Waals surface area contributed by atoms with Gasteiger partial charge in [0, 0.05) is 12.5 Å². The second-order valence-corrected chi connectivity index (χ2v) is 7.92. The van der Waals surface area contributed by atoms with Gasteiger partial charge in [0.25, 0.3) is 0 Å². The molecule has 0 heterocycles. The third kappa shape index (κ3) is 5.68. The number of carboxylic acids is 1. The van der Waals surface area contributed by atoms with Crippen molar-refractivity contribution >= 4 is 11.9 Å². The molecule has 4 nitrogen and oxygen atoms in total. The fourth-order valence-electron chi connectivity index (χ4n) is 3.30. The van der Waals surface area contributed by atoms with Gasteiger partial charge in [-0.25, -0.2) is 0 Å². The number of nitrogens with zero attached hydrogens (tertiary/aromatic N) is 1. The number of carbonyl (C=O) groups excluding carboxylic acids is 1. The van der Waals surface area contributed by atoms with E-state index < -0.39 is 5.97 Å². The maximum atomic E-state index is 12.6. The molecule has 0 aromatic rings. The van der Waals surface area contributed by atoms with Crippen LogP contribution in [0.3, 0.4) is 0 Å². The van der Waals surface area contributed by atoms with Gasteiger partial charge in [0.05, 0.1) is 0 Å². The normalized spacial score (nSPS) is 23.1. The molecule has 1 rings (SSSR count). The molecule has 1 saturated carbocycles. The molecule has 122 valence electrons. The fraction of sp³-hybridized carbons (Fsp3) is 0.882. The van der Waals surface area contributed by atoms with Crippen molar-refractivity contribution < 1.29 is 14.7 Å². The first-order valence-electron chi connectivity index (χ1n) is 8.11. The highest BCUT2D eigenvalue weighted by atomic mass is 16.4. The Balaban J connectivity index is 2.62. The summed E-state index contributed by atoms with van der Waals surface area (Å²) in [6.45, 7) is 11.2. The van der Waals surface area contributed by atoms with E-state index >= 15 is 0 Å². The monoisotopic (exact) mass is 297 g/mol. The standard InChI is InChI=1S/C17H31NO3/c1-12(2)10-18(11-15(19)20)16(21)13-6-8-14(9-7-13)17(3,4)5/h12-14H,6-11H2,1-5H3,(H,19,20). The SMILES string of the molecule is CC(C)CN(CC(=O)O)C(=O)C1CCC(C(C)(C)C)CC1. The molecule has 0 saturated heterocycles. The Hall–Kier alpha value is -1.06. The zero-order valence-electron chi connectivity index (χ0n) is 14.2. The van der Waals surface area contributed by atoms with Gasteiger partial charge in [-0.05, 0) is 42.9 Å². The Labute approximate surface area is 128 Å². The van der Waals surface area contributed by atoms with Gasteiger partial charge in [-0.1, -0.05) is 34.6 Å². The number of hydrogen-bond donors (Lipinski definition) is 1. The summed E-state index contributed by atoms with van der Waals surface area (Å²) >= 11 is 0. The predicted molar refractivity (Wildman–Crippen MR) is 84.0 cm³/mol. The van der Waals surface area contributed by atoms with Crippen molar-refractivity contribution in [3.05, 3.63) is 0 Å². The van der Waals surface area contributed by atoms with Gasteiger partial charge in [-0.3, -0.25) is 9.59 Å². The molecule has 0 bridgehead atoms. The van der Waals surface area contributed by atoms with E-state index in [1.165, 1.54) is 4.90 Å². The molecule has 1 amide bonds. The van der Waals surface area contributed by atoms with Crippen LogP contribution >= 0.6 is 0 Å². The second kappa shape index (κ2) is 7.28. The van der Waals surface area contributed by atoms with Crippen LogP contribution < -0.4 is 0 Å². The van der Waals surface area contributed by atoms with Crippen LogP contribution in [0, 0.1) is 23.2 Å². The Morgan fingerprint density at radius 1 is 1.14 bits per heavy atom. The number of carbonyl (C=O) groups is 2. The Morgan fingerprint density at radius 3 is 2.05 bits per heavy atom. The van der Waals surface area contributed by atoms with E-state index in [0.29, 0.717) is 23.8 Å². The van der Waals surface area contributed by atoms with Crippen molar-refractivity contribution in [1.29, 1.82) is 0 Å². The van der Waals surface area contributed by atoms with E-state index in [2.05, 4.69) is 20.8 Å². The van der Waals surface area contributed by atoms with Crippen molar-refractivity contribution in [2.24, 2.45) is 23.2 Å². The van der Waals surface area contributed by atoms with Crippen LogP contribution in [0.1, 0.15) is 60.3 Å². The number of rotatable bonds is 5. The molecule has 1 N–H and O–H groups in total. The Bertz CT molecular complexity index is 363. The summed E-state index contributed by atoms with van der Waals surface area (Å²) in [6.07, 6.45) is 3.94. The largest absolute Gasteiger partial charge is 0.480 e. The Kier molecular flexibility index (Phi) is 6.24. The molecular formula is C17H31NO3. The molecular weight excluding hydrogens is 266 g/mol. The number of carboxylic acid groups (broad SMARTS) is 1. The van der Waals surface area contributed by atoms with Gasteiger partial charge in [-0.2, -0.15) is 0 Å². The quantitative estimate of drug-likeness (QED) is 0.846. The van der Waals surface area contributed by atoms with Gasteiger partial charge in [-0.15, -0.1) is 0 Å². The van der Waals surface area contributed by atoms with E-state index in [1.54, 1.807) is 0 Å². The lowest BCUT2D eigenvalue weighted by Crippen LogP contribution is -2.43. The van der Waals surface area contributed by atoms with Crippen molar-refractivity contribution in [1.82, 2.24) is 4.90 Å². The van der Waals surface area contributed by atoms with Crippen molar-refractivity contribution in [3.8, 4) is 0 Å². The average Bonchev–Trinajstić information content (AvgIpc) is 2.35. The van der Waals surface area contributed by atoms with Crippen LogP contribution in [0.25, 0.3) is 0 Å². The highest BCUT2D eigenvalue weighted by Gasteiger charge is 2.34. The lowest BCUT2D eigenvalue weighted by atomic mass is 9.69. The molecule has 21 heavy (non-hydrogen) atoms. The lowest BCUT2D eigenvalue weighted by molar-refractivity contribution is -0.147. The molecule has 0 spiro atoms. The first-order chi connectivity index (χ1) is 9.61. The molecule has 1 fully saturated rings. The van der Waals surface area contributed by atoms with Gasteiger partial charge in [0.2, 0.25) is 5.91 Å². The minimum Gasteiger partial charge on any atom is -0.480 e. The van der Waals surface area contributed by atoms with Crippen molar-refractivity contribution in [3.63, 3.8) is 0 Å². The molecule has 0 atom stereocenters. The maximum Gasteiger partial charge on any atom is 0.323 e. The lowest BCUT2D eigenvalue weighted by Gasteiger charge is -2.38. The van der Waals surface area contributed by atoms with Gasteiger partial charge >= 0.3 is 5.97 Å². The highest BCUT2D eigenvalue weighted by molar-refractivity contribution is 5.83. The van der Waals surface area contributed by atoms with Gasteiger partial charge in [0.15, 0.2) is 0 Å². The minimum atomic E-state index is -0.924. The van der Waals surface area contributed by atoms with Crippen LogP contribution in [0.15, 0.2) is 0 Å². The van der Waals surface area contributed by atoms with Gasteiger partial charge < -0.3 is 10.0 Å². The van der Waals surface area contributed by atoms with Crippen LogP contribution in [0.5, 0.6) is 0 Å². The summed E-state index contributed by atoms with van der Waals surface area (Å²) in [5.74, 6) is 0.0892. The fourth-order valence-corrected chi connectivity index (χ4v) is 3.30. The Morgan fingerprint density at radius 2 is 1.67 bits per heavy atom. The van der Waals surface area contributed by atoms with Crippen LogP contribution in [0.2, 0.25) is 0 Å². The molecule has 1 aliphatic carbocycles. The third-order valence-electron chi connectivity index (χ3n) is 4.52. The van der Waals surface area contributed by atoms with Crippen LogP contribution in [-0.4, -0.2) is 35.0 Å². The first-order valence-corrected chi connectivity index (χ1v) is 8.11. The minimum absolute atomic E-state index is 0.0155. The van der Waals surface area contributed by atoms with E-state index in [-0.39, 0.29) is 18.4 Å². The molecule has 0 unspecified atom stereocenters. The highest BCUT2D eigenvalue weighted by Crippen LogP contribution is 2.40. The van der Waals surface area contributed by atoms with Crippen molar-refractivity contribution in [2.45, 2.75) is 60.3 Å². The van der Waals surface area contributed by atoms with Crippen LogP contribution in [-0.2, 0) is 9.59 Å². The van der Waals surface area contributed by atoms with E-state index in [4.69, 9.17) is 5.11 Å². The van der Waals surface area contributed by atoms with Gasteiger partial charge in [0.1, 0.15) is 6.54 Å². The molecule has 0 aromatic carbocycles. The molecule has 1 aliphatic rings. The average molecular weight is 297 g/mol. The summed E-state index contributed by atoms with van der Waals surface area (Å²) in [5.41, 5.74) is 0.298. The van der Waals surface area contributed by atoms with Crippen molar-refractivity contribution in [2.75, 3.05) is 13.1 Å². The summed E-state index contributed by atoms with van der Waals surface area (Å²) in [7, 11) is 0. The predicted octanol–water partition coefficient (Wildman–Crippen LogP) is 3.41. The summed E-state index contributed by atoms with van der Waals surface area (Å²) < 4.78 is 0. The summed E-state index contributed by atoms with van der Waals surface area (Å²) in [4.78, 5) is 25.1. The maximum absolute atomic E-state index is 12.6. The summed E-state index contributed by atoms with van der Waals surface area (Å²) in [5, 5.41) is 9.00. The molecule has 0 aliphatic heterocycles. The topological polar surface area (TPSA) is 57.6 Å². The third-order valence-corrected chi connectivity index (χ3v) is 4.52. The number of amides is 1.